The number of hydrogen-bond acceptors (Lipinski definition) is 4. The molecule has 16 heavy (non-hydrogen) atoms. The molecule has 0 unspecified atom stereocenters. The van der Waals surface area contributed by atoms with Gasteiger partial charge in [0.2, 0.25) is 5.91 Å². The van der Waals surface area contributed by atoms with E-state index in [-0.39, 0.29) is 23.6 Å². The second kappa shape index (κ2) is 4.94. The average molecular weight is 223 g/mol. The van der Waals surface area contributed by atoms with Gasteiger partial charge in [-0.15, -0.1) is 0 Å². The molecule has 1 rings (SSSR count). The van der Waals surface area contributed by atoms with Crippen molar-refractivity contribution >= 4 is 5.91 Å². The molecule has 0 saturated carbocycles. The van der Waals surface area contributed by atoms with Crippen LogP contribution in [0.1, 0.15) is 26.0 Å². The fraction of sp³-hybridized carbons (Fsp3) is 0.455. The van der Waals surface area contributed by atoms with E-state index in [4.69, 9.17) is 10.8 Å². The van der Waals surface area contributed by atoms with Gasteiger partial charge >= 0.3 is 0 Å². The molecule has 0 spiro atoms. The van der Waals surface area contributed by atoms with E-state index >= 15 is 0 Å². The van der Waals surface area contributed by atoms with E-state index in [1.807, 2.05) is 13.8 Å². The lowest BCUT2D eigenvalue weighted by molar-refractivity contribution is -0.119. The zero-order valence-corrected chi connectivity index (χ0v) is 9.53. The lowest BCUT2D eigenvalue weighted by Crippen LogP contribution is -2.42. The van der Waals surface area contributed by atoms with Gasteiger partial charge in [0.05, 0.1) is 11.9 Å². The van der Waals surface area contributed by atoms with E-state index in [1.54, 1.807) is 12.1 Å². The van der Waals surface area contributed by atoms with Crippen LogP contribution in [0.2, 0.25) is 0 Å². The van der Waals surface area contributed by atoms with Crippen LogP contribution in [0, 0.1) is 0 Å². The second-order valence-corrected chi connectivity index (χ2v) is 4.39. The Morgan fingerprint density at radius 3 is 2.75 bits per heavy atom. The number of nitrogens with two attached hydrogens (primary N) is 1. The number of pyridine rings is 1. The van der Waals surface area contributed by atoms with Gasteiger partial charge < -0.3 is 16.2 Å². The molecule has 0 bridgehead atoms. The van der Waals surface area contributed by atoms with Crippen molar-refractivity contribution in [3.63, 3.8) is 0 Å². The van der Waals surface area contributed by atoms with E-state index in [0.717, 1.165) is 5.69 Å². The zero-order chi connectivity index (χ0) is 12.2. The highest BCUT2D eigenvalue weighted by molar-refractivity contribution is 5.74. The molecule has 0 fully saturated rings. The first kappa shape index (κ1) is 12.4. The number of amides is 1. The van der Waals surface area contributed by atoms with Gasteiger partial charge in [-0.1, -0.05) is 0 Å². The monoisotopic (exact) mass is 223 g/mol. The maximum absolute atomic E-state index is 10.8. The summed E-state index contributed by atoms with van der Waals surface area (Å²) in [5.41, 5.74) is 5.59. The lowest BCUT2D eigenvalue weighted by atomic mass is 10.0. The summed E-state index contributed by atoms with van der Waals surface area (Å²) in [5, 5.41) is 12.2. The topological polar surface area (TPSA) is 88.2 Å². The predicted molar refractivity (Wildman–Crippen MR) is 60.6 cm³/mol. The molecule has 0 aliphatic heterocycles. The van der Waals surface area contributed by atoms with Gasteiger partial charge in [0.25, 0.3) is 0 Å². The van der Waals surface area contributed by atoms with Crippen LogP contribution in [0.3, 0.4) is 0 Å². The normalized spacial score (nSPS) is 11.4. The molecule has 1 heterocycles. The number of rotatable bonds is 5. The van der Waals surface area contributed by atoms with Crippen LogP contribution in [-0.4, -0.2) is 21.5 Å². The van der Waals surface area contributed by atoms with Gasteiger partial charge in [-0.3, -0.25) is 9.78 Å². The Balaban J connectivity index is 2.50. The molecule has 0 saturated heterocycles. The maximum Gasteiger partial charge on any atom is 0.219 e. The summed E-state index contributed by atoms with van der Waals surface area (Å²) in [6.07, 6.45) is 1.66. The molecular formula is C11H17N3O2. The molecule has 0 atom stereocenters. The largest absolute Gasteiger partial charge is 0.506 e. The molecule has 0 radical (unpaired) electrons. The molecule has 0 aliphatic carbocycles. The van der Waals surface area contributed by atoms with Gasteiger partial charge in [0.1, 0.15) is 5.75 Å². The molecular weight excluding hydrogens is 206 g/mol. The summed E-state index contributed by atoms with van der Waals surface area (Å²) in [6, 6.07) is 3.30. The van der Waals surface area contributed by atoms with Crippen LogP contribution in [0.4, 0.5) is 0 Å². The van der Waals surface area contributed by atoms with E-state index in [0.29, 0.717) is 6.54 Å². The fourth-order valence-electron chi connectivity index (χ4n) is 1.35. The molecule has 5 heteroatoms. The predicted octanol–water partition coefficient (Wildman–Crippen LogP) is 0.531. The van der Waals surface area contributed by atoms with Crippen molar-refractivity contribution in [1.82, 2.24) is 10.3 Å². The minimum Gasteiger partial charge on any atom is -0.506 e. The van der Waals surface area contributed by atoms with Gasteiger partial charge in [-0.05, 0) is 26.0 Å². The number of primary amides is 1. The van der Waals surface area contributed by atoms with Crippen LogP contribution in [0.15, 0.2) is 18.3 Å². The van der Waals surface area contributed by atoms with Crippen LogP contribution < -0.4 is 11.1 Å². The first-order chi connectivity index (χ1) is 7.39. The van der Waals surface area contributed by atoms with Gasteiger partial charge in [0.15, 0.2) is 0 Å². The Kier molecular flexibility index (Phi) is 3.84. The number of aromatic nitrogens is 1. The Bertz CT molecular complexity index is 360. The standard InChI is InChI=1S/C11H17N3O2/c1-11(2,5-10(12)16)14-6-8-3-4-9(15)7-13-8/h3-4,7,14-15H,5-6H2,1-2H3,(H2,12,16). The maximum atomic E-state index is 10.8. The number of aromatic hydroxyl groups is 1. The Morgan fingerprint density at radius 2 is 2.25 bits per heavy atom. The average Bonchev–Trinajstić information content (AvgIpc) is 2.15. The second-order valence-electron chi connectivity index (χ2n) is 4.39. The smallest absolute Gasteiger partial charge is 0.219 e. The number of nitrogens with zero attached hydrogens (tertiary/aromatic N) is 1. The summed E-state index contributed by atoms with van der Waals surface area (Å²) in [7, 11) is 0. The molecule has 1 amide bonds. The van der Waals surface area contributed by atoms with E-state index < -0.39 is 0 Å². The summed E-state index contributed by atoms with van der Waals surface area (Å²) in [6.45, 7) is 4.33. The Morgan fingerprint density at radius 1 is 1.56 bits per heavy atom. The third kappa shape index (κ3) is 4.27. The van der Waals surface area contributed by atoms with E-state index in [2.05, 4.69) is 10.3 Å². The highest BCUT2D eigenvalue weighted by Crippen LogP contribution is 2.10. The molecule has 0 aliphatic rings. The molecule has 88 valence electrons. The minimum atomic E-state index is -0.356. The summed E-state index contributed by atoms with van der Waals surface area (Å²) >= 11 is 0. The number of carbonyl (C=O) groups excluding carboxylic acids is 1. The summed E-state index contributed by atoms with van der Waals surface area (Å²) < 4.78 is 0. The van der Waals surface area contributed by atoms with Gasteiger partial charge in [0, 0.05) is 18.5 Å². The van der Waals surface area contributed by atoms with Crippen LogP contribution >= 0.6 is 0 Å². The fourth-order valence-corrected chi connectivity index (χ4v) is 1.35. The highest BCUT2D eigenvalue weighted by Gasteiger charge is 2.19. The summed E-state index contributed by atoms with van der Waals surface area (Å²) in [5.74, 6) is -0.198. The first-order valence-corrected chi connectivity index (χ1v) is 5.06. The number of nitrogens with one attached hydrogen (secondary N) is 1. The third-order valence-corrected chi connectivity index (χ3v) is 2.17. The number of hydrogen-bond donors (Lipinski definition) is 3. The van der Waals surface area contributed by atoms with Crippen molar-refractivity contribution in [2.24, 2.45) is 5.73 Å². The zero-order valence-electron chi connectivity index (χ0n) is 9.53. The van der Waals surface area contributed by atoms with E-state index in [9.17, 15) is 4.79 Å². The molecule has 1 aromatic heterocycles. The molecule has 1 aromatic rings. The van der Waals surface area contributed by atoms with Crippen molar-refractivity contribution in [2.75, 3.05) is 0 Å². The molecule has 0 aromatic carbocycles. The van der Waals surface area contributed by atoms with Crippen LogP contribution in [0.25, 0.3) is 0 Å². The molecule has 4 N–H and O–H groups in total. The first-order valence-electron chi connectivity index (χ1n) is 5.06. The van der Waals surface area contributed by atoms with Gasteiger partial charge in [-0.25, -0.2) is 0 Å². The van der Waals surface area contributed by atoms with Crippen molar-refractivity contribution in [2.45, 2.75) is 32.4 Å². The van der Waals surface area contributed by atoms with Crippen molar-refractivity contribution in [1.29, 1.82) is 0 Å². The van der Waals surface area contributed by atoms with Crippen molar-refractivity contribution < 1.29 is 9.90 Å². The van der Waals surface area contributed by atoms with Crippen LogP contribution in [-0.2, 0) is 11.3 Å². The number of carbonyl (C=O) groups is 1. The Labute approximate surface area is 94.7 Å². The SMILES string of the molecule is CC(C)(CC(N)=O)NCc1ccc(O)cn1. The highest BCUT2D eigenvalue weighted by atomic mass is 16.3. The summed E-state index contributed by atoms with van der Waals surface area (Å²) in [4.78, 5) is 14.8. The van der Waals surface area contributed by atoms with Crippen molar-refractivity contribution in [3.05, 3.63) is 24.0 Å². The third-order valence-electron chi connectivity index (χ3n) is 2.17. The van der Waals surface area contributed by atoms with Crippen molar-refractivity contribution in [3.8, 4) is 5.75 Å². The van der Waals surface area contributed by atoms with E-state index in [1.165, 1.54) is 6.20 Å². The minimum absolute atomic E-state index is 0.139. The van der Waals surface area contributed by atoms with Gasteiger partial charge in [-0.2, -0.15) is 0 Å². The lowest BCUT2D eigenvalue weighted by Gasteiger charge is -2.24. The quantitative estimate of drug-likeness (QED) is 0.679. The Hall–Kier alpha value is -1.62. The van der Waals surface area contributed by atoms with Crippen LogP contribution in [0.5, 0.6) is 5.75 Å². The molecule has 5 nitrogen and oxygen atoms in total.